The minimum atomic E-state index is -1.19. The van der Waals surface area contributed by atoms with Gasteiger partial charge < -0.3 is 41.6 Å². The SMILES string of the molecule is CC(=O)Cc1cc(=O)cc[nH]1.CC(=O)Nc1ncc(F)cc1F.CCc1c(F)cnc(C)c1F.CCc1c(F)cnc(N)c1F.CCc1c(F)cnc([N+](=O)[O-])c1F.CCc1c(F)cnc([N+](=O)[O-])c1NC. The van der Waals surface area contributed by atoms with Crippen LogP contribution in [0.15, 0.2) is 60.2 Å². The highest BCUT2D eigenvalue weighted by atomic mass is 19.2. The number of rotatable bonds is 10. The third-order valence-corrected chi connectivity index (χ3v) is 8.89. The van der Waals surface area contributed by atoms with Crippen LogP contribution in [-0.2, 0) is 41.7 Å². The number of carbonyl (C=O) groups excluding carboxylic acids is 2. The van der Waals surface area contributed by atoms with Crippen LogP contribution in [0.25, 0.3) is 0 Å². The predicted octanol–water partition coefficient (Wildman–Crippen LogP) is 9.12. The average Bonchev–Trinajstić information content (AvgIpc) is 3.31. The molecule has 27 heteroatoms. The number of nitrogen functional groups attached to an aromatic ring is 1. The van der Waals surface area contributed by atoms with Gasteiger partial charge in [0.05, 0.1) is 24.3 Å². The van der Waals surface area contributed by atoms with Crippen LogP contribution in [0.4, 0.5) is 68.5 Å². The van der Waals surface area contributed by atoms with E-state index in [0.717, 1.165) is 24.8 Å². The van der Waals surface area contributed by atoms with Gasteiger partial charge in [0.15, 0.2) is 52.7 Å². The maximum absolute atomic E-state index is 13.2. The third-order valence-electron chi connectivity index (χ3n) is 8.89. The highest BCUT2D eigenvalue weighted by Gasteiger charge is 2.23. The van der Waals surface area contributed by atoms with E-state index in [-0.39, 0.29) is 75.1 Å². The molecule has 0 saturated heterocycles. The second-order valence-electron chi connectivity index (χ2n) is 14.0. The monoisotopic (exact) mass is 1030 g/mol. The number of anilines is 3. The van der Waals surface area contributed by atoms with E-state index in [1.165, 1.54) is 46.9 Å². The number of ketones is 1. The van der Waals surface area contributed by atoms with E-state index in [1.54, 1.807) is 27.0 Å². The molecule has 0 spiro atoms. The molecule has 5 N–H and O–H groups in total. The number of nitro groups is 2. The average molecular weight is 1030 g/mol. The fraction of sp³-hybridized carbons (Fsp3) is 0.289. The zero-order chi connectivity index (χ0) is 55.0. The Morgan fingerprint density at radius 3 is 1.56 bits per heavy atom. The molecule has 0 fully saturated rings. The van der Waals surface area contributed by atoms with Gasteiger partial charge in [-0.2, -0.15) is 4.39 Å². The molecule has 0 unspecified atom stereocenters. The van der Waals surface area contributed by atoms with Gasteiger partial charge in [0.2, 0.25) is 11.7 Å². The number of carbonyl (C=O) groups is 2. The zero-order valence-electron chi connectivity index (χ0n) is 39.7. The van der Waals surface area contributed by atoms with Crippen LogP contribution < -0.4 is 21.8 Å². The summed E-state index contributed by atoms with van der Waals surface area (Å²) in [5, 5.41) is 25.4. The lowest BCUT2D eigenvalue weighted by molar-refractivity contribution is -0.392. The van der Waals surface area contributed by atoms with Crippen molar-refractivity contribution in [2.45, 2.75) is 80.6 Å². The van der Waals surface area contributed by atoms with E-state index in [0.29, 0.717) is 37.2 Å². The second-order valence-corrected chi connectivity index (χ2v) is 14.0. The molecule has 72 heavy (non-hydrogen) atoms. The standard InChI is InChI=1S/C8H9F2N.C8H10FN3O2.C8H9NO2.C7H6F2N2O2.C7H6F2N2O.C7H8F2N2/c1-3-6-7(9)4-11-5(2)8(6)10;1-3-5-6(9)4-11-8(12(13)14)7(5)10-2;1-6(10)4-7-5-8(11)2-3-9-7;1-2-4-5(8)3-10-7(6(4)9)11(12)13;1-4(12)11-7-6(9)2-5(8)3-10-7;1-2-4-5(8)3-11-7(10)6(4)9/h4H,3H2,1-2H3;4,10H,3H2,1-2H3;2-3,5H,4H2,1H3,(H,9,11);3H,2H2,1H3;2-3H,1H3,(H,10,11,12);3H,2H2,1H3,(H2,10,11). The number of Topliss-reactive ketones (excluding diaryl/α,β-unsaturated/α-hetero) is 1. The number of pyridine rings is 6. The molecule has 0 radical (unpaired) electrons. The first-order chi connectivity index (χ1) is 33.8. The minimum absolute atomic E-state index is 0.00231. The molecule has 6 aromatic heterocycles. The number of H-pyrrole nitrogens is 1. The molecule has 0 aromatic carbocycles. The summed E-state index contributed by atoms with van der Waals surface area (Å²) in [7, 11) is 1.50. The molecule has 0 bridgehead atoms. The molecule has 1 amide bonds. The summed E-state index contributed by atoms with van der Waals surface area (Å²) in [4.78, 5) is 70.4. The Kier molecular flexibility index (Phi) is 25.9. The van der Waals surface area contributed by atoms with Crippen LogP contribution in [0.3, 0.4) is 0 Å². The molecule has 0 aliphatic carbocycles. The fourth-order valence-electron chi connectivity index (χ4n) is 5.52. The smallest absolute Gasteiger partial charge is 0.381 e. The van der Waals surface area contributed by atoms with E-state index < -0.39 is 73.9 Å². The molecule has 18 nitrogen and oxygen atoms in total. The first kappa shape index (κ1) is 61.6. The number of aromatic nitrogens is 6. The minimum Gasteiger partial charge on any atom is -0.381 e. The van der Waals surface area contributed by atoms with Gasteiger partial charge in [0.25, 0.3) is 0 Å². The molecule has 6 aromatic rings. The van der Waals surface area contributed by atoms with Crippen molar-refractivity contribution < 1.29 is 58.9 Å². The number of aryl methyl sites for hydroxylation is 1. The van der Waals surface area contributed by atoms with Crippen molar-refractivity contribution in [3.8, 4) is 0 Å². The summed E-state index contributed by atoms with van der Waals surface area (Å²) in [6, 6.07) is 3.50. The van der Waals surface area contributed by atoms with Crippen molar-refractivity contribution in [2.75, 3.05) is 23.4 Å². The zero-order valence-corrected chi connectivity index (χ0v) is 39.7. The molecule has 0 aliphatic rings. The highest BCUT2D eigenvalue weighted by molar-refractivity contribution is 5.87. The van der Waals surface area contributed by atoms with Gasteiger partial charge >= 0.3 is 11.6 Å². The van der Waals surface area contributed by atoms with E-state index >= 15 is 0 Å². The van der Waals surface area contributed by atoms with Gasteiger partial charge in [-0.25, -0.2) is 45.1 Å². The predicted molar refractivity (Wildman–Crippen MR) is 246 cm³/mol. The van der Waals surface area contributed by atoms with Gasteiger partial charge in [0, 0.05) is 72.7 Å². The van der Waals surface area contributed by atoms with Gasteiger partial charge in [-0.15, -0.1) is 0 Å². The van der Waals surface area contributed by atoms with Crippen LogP contribution in [0.1, 0.15) is 75.2 Å². The lowest BCUT2D eigenvalue weighted by Gasteiger charge is -2.06. The fourth-order valence-corrected chi connectivity index (χ4v) is 5.52. The molecule has 0 atom stereocenters. The Hall–Kier alpha value is -8.39. The summed E-state index contributed by atoms with van der Waals surface area (Å²) in [6.07, 6.45) is 7.26. The van der Waals surface area contributed by atoms with Crippen LogP contribution in [0.2, 0.25) is 0 Å². The van der Waals surface area contributed by atoms with Crippen molar-refractivity contribution >= 4 is 40.6 Å². The van der Waals surface area contributed by atoms with Crippen molar-refractivity contribution in [2.24, 2.45) is 0 Å². The van der Waals surface area contributed by atoms with Crippen LogP contribution in [0, 0.1) is 79.5 Å². The number of aromatic amines is 1. The Bertz CT molecular complexity index is 2840. The number of amides is 1. The van der Waals surface area contributed by atoms with Crippen molar-refractivity contribution in [1.29, 1.82) is 0 Å². The van der Waals surface area contributed by atoms with Crippen LogP contribution in [0.5, 0.6) is 0 Å². The lowest BCUT2D eigenvalue weighted by atomic mass is 10.1. The van der Waals surface area contributed by atoms with Gasteiger partial charge in [-0.3, -0.25) is 19.4 Å². The summed E-state index contributed by atoms with van der Waals surface area (Å²) in [5.74, 6) is -8.88. The molecule has 0 saturated carbocycles. The Labute approximate surface area is 404 Å². The molecule has 0 aliphatic heterocycles. The number of nitrogens with one attached hydrogen (secondary N) is 3. The molecular formula is C45H48F9N11O7. The first-order valence-electron chi connectivity index (χ1n) is 20.9. The maximum atomic E-state index is 13.2. The Morgan fingerprint density at radius 1 is 0.653 bits per heavy atom. The van der Waals surface area contributed by atoms with Gasteiger partial charge in [-0.05, 0) is 59.3 Å². The topological polar surface area (TPSA) is 268 Å². The maximum Gasteiger partial charge on any atom is 0.400 e. The van der Waals surface area contributed by atoms with E-state index in [4.69, 9.17) is 5.73 Å². The second kappa shape index (κ2) is 30.3. The van der Waals surface area contributed by atoms with Gasteiger partial charge in [-0.1, -0.05) is 27.7 Å². The molecule has 388 valence electrons. The number of nitrogens with two attached hydrogens (primary N) is 1. The molecule has 6 rings (SSSR count). The Balaban J connectivity index is 0.000000433. The Morgan fingerprint density at radius 2 is 1.12 bits per heavy atom. The molecule has 6 heterocycles. The quantitative estimate of drug-likeness (QED) is 0.0566. The summed E-state index contributed by atoms with van der Waals surface area (Å²) >= 11 is 0. The van der Waals surface area contributed by atoms with Crippen LogP contribution in [-0.4, -0.2) is 58.5 Å². The summed E-state index contributed by atoms with van der Waals surface area (Å²) < 4.78 is 115. The first-order valence-corrected chi connectivity index (χ1v) is 20.9. The number of hydrogen-bond acceptors (Lipinski definition) is 14. The summed E-state index contributed by atoms with van der Waals surface area (Å²) in [5.41, 5.74) is 6.22. The van der Waals surface area contributed by atoms with Crippen molar-refractivity contribution in [3.05, 3.63) is 172 Å². The van der Waals surface area contributed by atoms with Gasteiger partial charge in [0.1, 0.15) is 34.7 Å². The highest BCUT2D eigenvalue weighted by Crippen LogP contribution is 2.28. The summed E-state index contributed by atoms with van der Waals surface area (Å²) in [6.45, 7) is 10.8. The number of hydrogen-bond donors (Lipinski definition) is 4. The number of halogens is 9. The van der Waals surface area contributed by atoms with Crippen LogP contribution >= 0.6 is 0 Å². The van der Waals surface area contributed by atoms with E-state index in [1.807, 2.05) is 0 Å². The van der Waals surface area contributed by atoms with E-state index in [9.17, 15) is 74.1 Å². The van der Waals surface area contributed by atoms with Crippen molar-refractivity contribution in [1.82, 2.24) is 29.9 Å². The van der Waals surface area contributed by atoms with E-state index in [2.05, 4.69) is 40.5 Å². The lowest BCUT2D eigenvalue weighted by Crippen LogP contribution is -2.09. The largest absolute Gasteiger partial charge is 0.400 e. The molecular weight excluding hydrogens is 978 g/mol. The third kappa shape index (κ3) is 19.2. The van der Waals surface area contributed by atoms with Crippen molar-refractivity contribution in [3.63, 3.8) is 0 Å². The normalized spacial score (nSPS) is 9.90. The number of nitrogens with zero attached hydrogens (tertiary/aromatic N) is 7.